The van der Waals surface area contributed by atoms with E-state index in [1.807, 2.05) is 42.5 Å². The molecule has 0 aliphatic rings. The summed E-state index contributed by atoms with van der Waals surface area (Å²) in [7, 11) is 0. The molecule has 4 nitrogen and oxygen atoms in total. The number of hydrogen-bond acceptors (Lipinski definition) is 3. The van der Waals surface area contributed by atoms with Gasteiger partial charge in [-0.25, -0.2) is 4.79 Å². The van der Waals surface area contributed by atoms with E-state index in [4.69, 9.17) is 10.5 Å². The molecular formula is C15H13NO3. The smallest absolute Gasteiger partial charge is 0.339 e. The summed E-state index contributed by atoms with van der Waals surface area (Å²) >= 11 is 0. The lowest BCUT2D eigenvalue weighted by Gasteiger charge is -2.08. The number of hydrogen-bond donors (Lipinski definition) is 1. The van der Waals surface area contributed by atoms with Gasteiger partial charge in [0.1, 0.15) is 0 Å². The molecule has 4 heteroatoms. The minimum absolute atomic E-state index is 0.412. The lowest BCUT2D eigenvalue weighted by atomic mass is 10.00. The maximum absolute atomic E-state index is 11.9. The van der Waals surface area contributed by atoms with E-state index < -0.39 is 18.5 Å². The Labute approximate surface area is 110 Å². The molecule has 19 heavy (non-hydrogen) atoms. The first-order valence-corrected chi connectivity index (χ1v) is 5.78. The molecule has 2 rings (SSSR count). The first-order valence-electron chi connectivity index (χ1n) is 5.78. The molecule has 0 aliphatic carbocycles. The van der Waals surface area contributed by atoms with E-state index in [1.54, 1.807) is 12.1 Å². The quantitative estimate of drug-likeness (QED) is 0.849. The Hall–Kier alpha value is -2.62. The number of carbonyl (C=O) groups excluding carboxylic acids is 2. The van der Waals surface area contributed by atoms with Gasteiger partial charge in [-0.2, -0.15) is 0 Å². The summed E-state index contributed by atoms with van der Waals surface area (Å²) in [5, 5.41) is 0. The number of amides is 1. The molecule has 0 atom stereocenters. The van der Waals surface area contributed by atoms with Crippen LogP contribution in [-0.4, -0.2) is 18.5 Å². The number of benzene rings is 2. The van der Waals surface area contributed by atoms with Gasteiger partial charge in [0.2, 0.25) is 0 Å². The van der Waals surface area contributed by atoms with Crippen LogP contribution >= 0.6 is 0 Å². The van der Waals surface area contributed by atoms with Gasteiger partial charge < -0.3 is 10.5 Å². The van der Waals surface area contributed by atoms with Crippen LogP contribution in [0.25, 0.3) is 11.1 Å². The summed E-state index contributed by atoms with van der Waals surface area (Å²) in [5.41, 5.74) is 7.04. The maximum atomic E-state index is 11.9. The van der Waals surface area contributed by atoms with Crippen molar-refractivity contribution in [2.24, 2.45) is 5.73 Å². The number of ether oxygens (including phenoxy) is 1. The van der Waals surface area contributed by atoms with Gasteiger partial charge in [-0.1, -0.05) is 48.5 Å². The van der Waals surface area contributed by atoms with E-state index in [9.17, 15) is 9.59 Å². The average molecular weight is 255 g/mol. The standard InChI is InChI=1S/C15H13NO3/c16-14(17)10-19-15(18)13-9-5-4-8-12(13)11-6-2-1-3-7-11/h1-9H,10H2,(H2,16,17). The molecule has 0 aliphatic heterocycles. The highest BCUT2D eigenvalue weighted by Crippen LogP contribution is 2.23. The van der Waals surface area contributed by atoms with Gasteiger partial charge in [0, 0.05) is 0 Å². The van der Waals surface area contributed by atoms with Crippen molar-refractivity contribution in [1.29, 1.82) is 0 Å². The SMILES string of the molecule is NC(=O)COC(=O)c1ccccc1-c1ccccc1. The first kappa shape index (κ1) is 12.8. The van der Waals surface area contributed by atoms with E-state index >= 15 is 0 Å². The Kier molecular flexibility index (Phi) is 3.93. The van der Waals surface area contributed by atoms with Crippen molar-refractivity contribution >= 4 is 11.9 Å². The molecule has 2 aromatic carbocycles. The molecule has 1 amide bonds. The Morgan fingerprint density at radius 1 is 0.947 bits per heavy atom. The number of esters is 1. The zero-order valence-electron chi connectivity index (χ0n) is 10.2. The van der Waals surface area contributed by atoms with Crippen molar-refractivity contribution in [1.82, 2.24) is 0 Å². The molecule has 0 saturated carbocycles. The molecule has 0 bridgehead atoms. The Bertz CT molecular complexity index is 593. The minimum atomic E-state index is -0.675. The highest BCUT2D eigenvalue weighted by molar-refractivity contribution is 5.98. The molecule has 0 heterocycles. The van der Waals surface area contributed by atoms with Gasteiger partial charge in [0.15, 0.2) is 6.61 Å². The summed E-state index contributed by atoms with van der Waals surface area (Å²) in [5.74, 6) is -1.23. The van der Waals surface area contributed by atoms with Crippen LogP contribution in [0.15, 0.2) is 54.6 Å². The molecule has 2 N–H and O–H groups in total. The number of rotatable bonds is 4. The normalized spacial score (nSPS) is 9.89. The Morgan fingerprint density at radius 3 is 2.26 bits per heavy atom. The number of nitrogens with two attached hydrogens (primary N) is 1. The number of primary amides is 1. The van der Waals surface area contributed by atoms with Crippen molar-refractivity contribution in [3.05, 3.63) is 60.2 Å². The minimum Gasteiger partial charge on any atom is -0.452 e. The number of carbonyl (C=O) groups is 2. The van der Waals surface area contributed by atoms with Crippen LogP contribution in [0.2, 0.25) is 0 Å². The van der Waals surface area contributed by atoms with Gasteiger partial charge in [0.25, 0.3) is 5.91 Å². The zero-order chi connectivity index (χ0) is 13.7. The summed E-state index contributed by atoms with van der Waals surface area (Å²) in [4.78, 5) is 22.5. The van der Waals surface area contributed by atoms with Gasteiger partial charge in [-0.15, -0.1) is 0 Å². The van der Waals surface area contributed by atoms with E-state index in [0.29, 0.717) is 5.56 Å². The van der Waals surface area contributed by atoms with Gasteiger partial charge in [0.05, 0.1) is 5.56 Å². The fraction of sp³-hybridized carbons (Fsp3) is 0.0667. The highest BCUT2D eigenvalue weighted by Gasteiger charge is 2.14. The summed E-state index contributed by atoms with van der Waals surface area (Å²) in [6, 6.07) is 16.6. The largest absolute Gasteiger partial charge is 0.452 e. The predicted molar refractivity (Wildman–Crippen MR) is 71.4 cm³/mol. The van der Waals surface area contributed by atoms with Crippen molar-refractivity contribution in [2.45, 2.75) is 0 Å². The van der Waals surface area contributed by atoms with Crippen molar-refractivity contribution < 1.29 is 14.3 Å². The fourth-order valence-electron chi connectivity index (χ4n) is 1.74. The van der Waals surface area contributed by atoms with Crippen LogP contribution in [0.4, 0.5) is 0 Å². The molecule has 0 unspecified atom stereocenters. The molecule has 0 fully saturated rings. The van der Waals surface area contributed by atoms with E-state index in [0.717, 1.165) is 11.1 Å². The topological polar surface area (TPSA) is 69.4 Å². The summed E-state index contributed by atoms with van der Waals surface area (Å²) < 4.78 is 4.84. The van der Waals surface area contributed by atoms with Crippen molar-refractivity contribution in [2.75, 3.05) is 6.61 Å². The summed E-state index contributed by atoms with van der Waals surface area (Å²) in [6.07, 6.45) is 0. The highest BCUT2D eigenvalue weighted by atomic mass is 16.5. The van der Waals surface area contributed by atoms with Crippen molar-refractivity contribution in [3.8, 4) is 11.1 Å². The zero-order valence-corrected chi connectivity index (χ0v) is 10.2. The van der Waals surface area contributed by atoms with Crippen LogP contribution in [0.1, 0.15) is 10.4 Å². The van der Waals surface area contributed by atoms with Gasteiger partial charge in [-0.3, -0.25) is 4.79 Å². The molecule has 96 valence electrons. The van der Waals surface area contributed by atoms with Crippen LogP contribution in [0.5, 0.6) is 0 Å². The van der Waals surface area contributed by atoms with E-state index in [-0.39, 0.29) is 0 Å². The third kappa shape index (κ3) is 3.19. The lowest BCUT2D eigenvalue weighted by molar-refractivity contribution is -0.121. The van der Waals surface area contributed by atoms with E-state index in [2.05, 4.69) is 0 Å². The van der Waals surface area contributed by atoms with Crippen LogP contribution < -0.4 is 5.73 Å². The molecule has 2 aromatic rings. The lowest BCUT2D eigenvalue weighted by Crippen LogP contribution is -2.21. The Morgan fingerprint density at radius 2 is 1.58 bits per heavy atom. The third-order valence-corrected chi connectivity index (χ3v) is 2.58. The summed E-state index contributed by atoms with van der Waals surface area (Å²) in [6.45, 7) is -0.415. The predicted octanol–water partition coefficient (Wildman–Crippen LogP) is 2.00. The second-order valence-electron chi connectivity index (χ2n) is 3.95. The third-order valence-electron chi connectivity index (χ3n) is 2.58. The fourth-order valence-corrected chi connectivity index (χ4v) is 1.74. The molecule has 0 spiro atoms. The molecular weight excluding hydrogens is 242 g/mol. The van der Waals surface area contributed by atoms with Crippen LogP contribution in [-0.2, 0) is 9.53 Å². The van der Waals surface area contributed by atoms with Crippen LogP contribution in [0.3, 0.4) is 0 Å². The molecule has 0 saturated heterocycles. The second kappa shape index (κ2) is 5.82. The van der Waals surface area contributed by atoms with Gasteiger partial charge in [-0.05, 0) is 17.2 Å². The monoisotopic (exact) mass is 255 g/mol. The average Bonchev–Trinajstić information content (AvgIpc) is 2.45. The first-order chi connectivity index (χ1) is 9.18. The van der Waals surface area contributed by atoms with Crippen molar-refractivity contribution in [3.63, 3.8) is 0 Å². The molecule has 0 aromatic heterocycles. The van der Waals surface area contributed by atoms with Crippen LogP contribution in [0, 0.1) is 0 Å². The maximum Gasteiger partial charge on any atom is 0.339 e. The Balaban J connectivity index is 2.31. The molecule has 0 radical (unpaired) electrons. The van der Waals surface area contributed by atoms with E-state index in [1.165, 1.54) is 0 Å². The second-order valence-corrected chi connectivity index (χ2v) is 3.95. The van der Waals surface area contributed by atoms with Gasteiger partial charge >= 0.3 is 5.97 Å².